The molecule has 0 bridgehead atoms. The summed E-state index contributed by atoms with van der Waals surface area (Å²) in [7, 11) is 0. The van der Waals surface area contributed by atoms with E-state index in [4.69, 9.17) is 4.65 Å². The van der Waals surface area contributed by atoms with E-state index in [0.717, 1.165) is 24.3 Å². The molecule has 13 heavy (non-hydrogen) atoms. The van der Waals surface area contributed by atoms with E-state index in [9.17, 15) is 0 Å². The molecule has 0 amide bonds. The van der Waals surface area contributed by atoms with E-state index >= 15 is 0 Å². The highest BCUT2D eigenvalue weighted by atomic mass is 16.4. The average Bonchev–Trinajstić information content (AvgIpc) is 2.66. The molecule has 1 nitrogen and oxygen atoms in total. The first kappa shape index (κ1) is 9.58. The van der Waals surface area contributed by atoms with Gasteiger partial charge >= 0.3 is 0 Å². The molecular formula is C11H21BO. The van der Waals surface area contributed by atoms with Gasteiger partial charge in [-0.05, 0) is 24.0 Å². The maximum absolute atomic E-state index is 5.79. The topological polar surface area (TPSA) is 9.23 Å². The van der Waals surface area contributed by atoms with Gasteiger partial charge in [0.2, 0.25) is 0 Å². The van der Waals surface area contributed by atoms with Crippen molar-refractivity contribution in [1.82, 2.24) is 0 Å². The van der Waals surface area contributed by atoms with Crippen LogP contribution in [0.3, 0.4) is 0 Å². The monoisotopic (exact) mass is 180 g/mol. The van der Waals surface area contributed by atoms with Crippen molar-refractivity contribution in [1.29, 1.82) is 0 Å². The van der Waals surface area contributed by atoms with E-state index in [2.05, 4.69) is 13.8 Å². The molecular weight excluding hydrogens is 159 g/mol. The summed E-state index contributed by atoms with van der Waals surface area (Å²) in [6.45, 7) is 6.28. The first-order chi connectivity index (χ1) is 6.38. The maximum atomic E-state index is 5.79. The van der Waals surface area contributed by atoms with Crippen molar-refractivity contribution in [3.63, 3.8) is 0 Å². The van der Waals surface area contributed by atoms with Crippen molar-refractivity contribution in [2.75, 3.05) is 6.61 Å². The van der Waals surface area contributed by atoms with Gasteiger partial charge in [0, 0.05) is 6.61 Å². The van der Waals surface area contributed by atoms with Crippen LogP contribution >= 0.6 is 0 Å². The molecule has 2 aliphatic rings. The van der Waals surface area contributed by atoms with Gasteiger partial charge < -0.3 is 4.65 Å². The highest BCUT2D eigenvalue weighted by molar-refractivity contribution is 6.55. The van der Waals surface area contributed by atoms with Crippen LogP contribution in [-0.4, -0.2) is 13.5 Å². The Morgan fingerprint density at radius 3 is 2.85 bits per heavy atom. The van der Waals surface area contributed by atoms with Gasteiger partial charge in [-0.3, -0.25) is 0 Å². The smallest absolute Gasteiger partial charge is 0.296 e. The number of rotatable bonds is 5. The Morgan fingerprint density at radius 2 is 2.15 bits per heavy atom. The second-order valence-corrected chi connectivity index (χ2v) is 4.71. The molecule has 1 aliphatic heterocycles. The van der Waals surface area contributed by atoms with Crippen LogP contribution in [0, 0.1) is 11.8 Å². The number of hydrogen-bond acceptors (Lipinski definition) is 1. The minimum atomic E-state index is 0.640. The summed E-state index contributed by atoms with van der Waals surface area (Å²) < 4.78 is 5.79. The molecule has 3 atom stereocenters. The second kappa shape index (κ2) is 4.04. The molecule has 0 N–H and O–H groups in total. The standard InChI is InChI=1S/C11H21BO/c1-3-5-7-12-11-9(6-4-2)10(11)8-13-12/h9-11H,3-8H2,1-2H3/t9-,10-,11+/m1/s1. The van der Waals surface area contributed by atoms with Crippen LogP contribution in [0.4, 0.5) is 0 Å². The molecule has 0 aromatic carbocycles. The van der Waals surface area contributed by atoms with Gasteiger partial charge in [-0.2, -0.15) is 0 Å². The Morgan fingerprint density at radius 1 is 1.31 bits per heavy atom. The maximum Gasteiger partial charge on any atom is 0.296 e. The minimum Gasteiger partial charge on any atom is -0.435 e. The minimum absolute atomic E-state index is 0.640. The van der Waals surface area contributed by atoms with Crippen LogP contribution < -0.4 is 0 Å². The fourth-order valence-corrected chi connectivity index (χ4v) is 3.03. The summed E-state index contributed by atoms with van der Waals surface area (Å²) in [5.41, 5.74) is 0. The molecule has 2 fully saturated rings. The fourth-order valence-electron chi connectivity index (χ4n) is 3.03. The van der Waals surface area contributed by atoms with Crippen LogP contribution in [0.25, 0.3) is 0 Å². The molecule has 74 valence electrons. The molecule has 0 aromatic heterocycles. The van der Waals surface area contributed by atoms with Crippen LogP contribution in [-0.2, 0) is 4.65 Å². The first-order valence-electron chi connectivity index (χ1n) is 6.00. The Bertz CT molecular complexity index is 171. The van der Waals surface area contributed by atoms with E-state index in [1.54, 1.807) is 0 Å². The average molecular weight is 180 g/mol. The van der Waals surface area contributed by atoms with Gasteiger partial charge in [0.25, 0.3) is 6.92 Å². The molecule has 1 aliphatic carbocycles. The Balaban J connectivity index is 1.75. The summed E-state index contributed by atoms with van der Waals surface area (Å²) in [6, 6.07) is 0. The van der Waals surface area contributed by atoms with Crippen LogP contribution in [0.1, 0.15) is 39.5 Å². The van der Waals surface area contributed by atoms with E-state index in [0.29, 0.717) is 6.92 Å². The largest absolute Gasteiger partial charge is 0.435 e. The highest BCUT2D eigenvalue weighted by Gasteiger charge is 2.59. The fraction of sp³-hybridized carbons (Fsp3) is 1.00. The van der Waals surface area contributed by atoms with E-state index in [1.165, 1.54) is 32.0 Å². The van der Waals surface area contributed by atoms with E-state index < -0.39 is 0 Å². The van der Waals surface area contributed by atoms with Gasteiger partial charge in [0.05, 0.1) is 0 Å². The molecule has 0 aromatic rings. The normalized spacial score (nSPS) is 36.5. The zero-order chi connectivity index (χ0) is 9.26. The van der Waals surface area contributed by atoms with Gasteiger partial charge in [-0.1, -0.05) is 39.5 Å². The summed E-state index contributed by atoms with van der Waals surface area (Å²) in [6.07, 6.45) is 6.79. The lowest BCUT2D eigenvalue weighted by Gasteiger charge is -2.10. The van der Waals surface area contributed by atoms with Crippen molar-refractivity contribution in [3.8, 4) is 0 Å². The van der Waals surface area contributed by atoms with Crippen LogP contribution in [0.2, 0.25) is 12.1 Å². The van der Waals surface area contributed by atoms with E-state index in [-0.39, 0.29) is 0 Å². The molecule has 2 rings (SSSR count). The van der Waals surface area contributed by atoms with Crippen molar-refractivity contribution in [2.45, 2.75) is 51.7 Å². The summed E-state index contributed by atoms with van der Waals surface area (Å²) in [5, 5.41) is 0. The van der Waals surface area contributed by atoms with Crippen LogP contribution in [0.5, 0.6) is 0 Å². The third-order valence-corrected chi connectivity index (χ3v) is 3.79. The lowest BCUT2D eigenvalue weighted by atomic mass is 9.58. The lowest BCUT2D eigenvalue weighted by Crippen LogP contribution is -2.16. The number of unbranched alkanes of at least 4 members (excludes halogenated alkanes) is 1. The molecule has 1 saturated heterocycles. The summed E-state index contributed by atoms with van der Waals surface area (Å²) >= 11 is 0. The van der Waals surface area contributed by atoms with Gasteiger partial charge in [0.1, 0.15) is 0 Å². The third-order valence-electron chi connectivity index (χ3n) is 3.79. The second-order valence-electron chi connectivity index (χ2n) is 4.71. The zero-order valence-corrected chi connectivity index (χ0v) is 8.96. The number of fused-ring (bicyclic) bond motifs is 1. The van der Waals surface area contributed by atoms with Crippen molar-refractivity contribution >= 4 is 6.92 Å². The molecule has 0 unspecified atom stereocenters. The molecule has 1 saturated carbocycles. The zero-order valence-electron chi connectivity index (χ0n) is 8.96. The Labute approximate surface area is 82.3 Å². The van der Waals surface area contributed by atoms with Gasteiger partial charge in [-0.15, -0.1) is 0 Å². The highest BCUT2D eigenvalue weighted by Crippen LogP contribution is 2.61. The summed E-state index contributed by atoms with van der Waals surface area (Å²) in [4.78, 5) is 0. The first-order valence-corrected chi connectivity index (χ1v) is 6.00. The Hall–Kier alpha value is 0.0249. The third kappa shape index (κ3) is 1.78. The van der Waals surface area contributed by atoms with Crippen molar-refractivity contribution in [3.05, 3.63) is 0 Å². The van der Waals surface area contributed by atoms with Crippen molar-refractivity contribution < 1.29 is 4.65 Å². The molecule has 0 spiro atoms. The number of hydrogen-bond donors (Lipinski definition) is 0. The SMILES string of the molecule is CCCCB1OC[C@@H]2[C@@H](CCC)[C@H]12. The molecule has 2 heteroatoms. The van der Waals surface area contributed by atoms with Crippen molar-refractivity contribution in [2.24, 2.45) is 11.8 Å². The van der Waals surface area contributed by atoms with E-state index in [1.807, 2.05) is 0 Å². The van der Waals surface area contributed by atoms with Crippen LogP contribution in [0.15, 0.2) is 0 Å². The van der Waals surface area contributed by atoms with Gasteiger partial charge in [-0.25, -0.2) is 0 Å². The lowest BCUT2D eigenvalue weighted by molar-refractivity contribution is 0.309. The van der Waals surface area contributed by atoms with Gasteiger partial charge in [0.15, 0.2) is 0 Å². The predicted molar refractivity (Wildman–Crippen MR) is 57.1 cm³/mol. The quantitative estimate of drug-likeness (QED) is 0.590. The molecule has 1 heterocycles. The summed E-state index contributed by atoms with van der Waals surface area (Å²) in [5.74, 6) is 2.97. The molecule has 0 radical (unpaired) electrons. The Kier molecular flexibility index (Phi) is 2.97. The predicted octanol–water partition coefficient (Wildman–Crippen LogP) is 3.22.